The largest absolute Gasteiger partial charge is 0.383 e. The van der Waals surface area contributed by atoms with E-state index in [9.17, 15) is 5.11 Å². The summed E-state index contributed by atoms with van der Waals surface area (Å²) in [5.74, 6) is 1.34. The first-order valence-corrected chi connectivity index (χ1v) is 7.68. The van der Waals surface area contributed by atoms with Crippen molar-refractivity contribution < 1.29 is 5.11 Å². The van der Waals surface area contributed by atoms with Crippen molar-refractivity contribution in [1.29, 1.82) is 0 Å². The Morgan fingerprint density at radius 1 is 1.55 bits per heavy atom. The molecule has 114 valence electrons. The molecule has 20 heavy (non-hydrogen) atoms. The average molecular weight is 409 g/mol. The number of guanidine groups is 1. The Kier molecular flexibility index (Phi) is 6.74. The number of nitrogens with zero attached hydrogens (tertiary/aromatic N) is 2. The maximum absolute atomic E-state index is 10.4. The van der Waals surface area contributed by atoms with Gasteiger partial charge in [0.25, 0.3) is 0 Å². The zero-order chi connectivity index (χ0) is 13.9. The zero-order valence-corrected chi connectivity index (χ0v) is 15.2. The number of halogens is 1. The number of likely N-dealkylation sites (tertiary alicyclic amines) is 1. The maximum atomic E-state index is 10.4. The fraction of sp³-hybridized carbons (Fsp3) is 0.643. The smallest absolute Gasteiger partial charge is 0.191 e. The standard InChI is InChI=1S/C14H23N3OS.HI/c1-11-5-7-17(8-6-11)13(15)16-10-14(2,18)12-4-3-9-19-12;/h3-4,9,11,18H,5-8,10H2,1-2H3,(H2,15,16);1H. The summed E-state index contributed by atoms with van der Waals surface area (Å²) in [6.07, 6.45) is 2.33. The van der Waals surface area contributed by atoms with Gasteiger partial charge in [-0.05, 0) is 37.1 Å². The quantitative estimate of drug-likeness (QED) is 0.459. The van der Waals surface area contributed by atoms with Crippen LogP contribution < -0.4 is 5.73 Å². The van der Waals surface area contributed by atoms with Gasteiger partial charge in [0.2, 0.25) is 0 Å². The third-order valence-corrected chi connectivity index (χ3v) is 4.83. The number of aliphatic imine (C=N–C) groups is 1. The van der Waals surface area contributed by atoms with Crippen LogP contribution in [0.1, 0.15) is 31.6 Å². The topological polar surface area (TPSA) is 61.8 Å². The van der Waals surface area contributed by atoms with Gasteiger partial charge in [0, 0.05) is 18.0 Å². The molecule has 0 aliphatic carbocycles. The molecule has 0 spiro atoms. The van der Waals surface area contributed by atoms with Crippen LogP contribution in [0, 0.1) is 5.92 Å². The Morgan fingerprint density at radius 3 is 2.75 bits per heavy atom. The Labute approximate surface area is 142 Å². The van der Waals surface area contributed by atoms with Crippen molar-refractivity contribution in [1.82, 2.24) is 4.90 Å². The van der Waals surface area contributed by atoms with E-state index >= 15 is 0 Å². The van der Waals surface area contributed by atoms with Gasteiger partial charge >= 0.3 is 0 Å². The lowest BCUT2D eigenvalue weighted by Crippen LogP contribution is -2.43. The molecule has 1 aromatic rings. The second-order valence-corrected chi connectivity index (χ2v) is 6.54. The van der Waals surface area contributed by atoms with Crippen molar-refractivity contribution in [2.24, 2.45) is 16.6 Å². The Hall–Kier alpha value is -0.340. The molecule has 1 saturated heterocycles. The molecule has 1 aliphatic heterocycles. The molecule has 6 heteroatoms. The molecule has 4 nitrogen and oxygen atoms in total. The van der Waals surface area contributed by atoms with E-state index in [0.29, 0.717) is 12.5 Å². The molecule has 0 amide bonds. The van der Waals surface area contributed by atoms with Crippen LogP contribution in [0.2, 0.25) is 0 Å². The Balaban J connectivity index is 0.00000200. The minimum Gasteiger partial charge on any atom is -0.383 e. The van der Waals surface area contributed by atoms with Crippen LogP contribution in [0.4, 0.5) is 0 Å². The summed E-state index contributed by atoms with van der Waals surface area (Å²) >= 11 is 1.54. The van der Waals surface area contributed by atoms with Crippen LogP contribution >= 0.6 is 35.3 Å². The summed E-state index contributed by atoms with van der Waals surface area (Å²) < 4.78 is 0. The van der Waals surface area contributed by atoms with Crippen molar-refractivity contribution in [3.05, 3.63) is 22.4 Å². The Bertz CT molecular complexity index is 426. The molecule has 1 aromatic heterocycles. The van der Waals surface area contributed by atoms with Gasteiger partial charge < -0.3 is 15.7 Å². The fourth-order valence-corrected chi connectivity index (χ4v) is 3.01. The summed E-state index contributed by atoms with van der Waals surface area (Å²) in [6.45, 7) is 6.31. The molecule has 2 heterocycles. The second-order valence-electron chi connectivity index (χ2n) is 5.60. The van der Waals surface area contributed by atoms with Gasteiger partial charge in [-0.2, -0.15) is 0 Å². The lowest BCUT2D eigenvalue weighted by Gasteiger charge is -2.31. The first-order valence-electron chi connectivity index (χ1n) is 6.80. The Morgan fingerprint density at radius 2 is 2.20 bits per heavy atom. The number of hydrogen-bond donors (Lipinski definition) is 2. The number of aliphatic hydroxyl groups is 1. The lowest BCUT2D eigenvalue weighted by atomic mass is 10.00. The van der Waals surface area contributed by atoms with Crippen molar-refractivity contribution in [2.45, 2.75) is 32.3 Å². The molecule has 1 aliphatic rings. The van der Waals surface area contributed by atoms with E-state index in [2.05, 4.69) is 16.8 Å². The highest BCUT2D eigenvalue weighted by molar-refractivity contribution is 14.0. The van der Waals surface area contributed by atoms with E-state index in [4.69, 9.17) is 5.73 Å². The van der Waals surface area contributed by atoms with Crippen molar-refractivity contribution in [3.63, 3.8) is 0 Å². The molecule has 0 saturated carbocycles. The molecule has 0 bridgehead atoms. The predicted octanol–water partition coefficient (Wildman–Crippen LogP) is 2.62. The van der Waals surface area contributed by atoms with Crippen LogP contribution in [0.25, 0.3) is 0 Å². The third kappa shape index (κ3) is 4.60. The van der Waals surface area contributed by atoms with E-state index in [-0.39, 0.29) is 24.0 Å². The van der Waals surface area contributed by atoms with Crippen molar-refractivity contribution in [2.75, 3.05) is 19.6 Å². The van der Waals surface area contributed by atoms with Crippen LogP contribution in [0.15, 0.2) is 22.5 Å². The van der Waals surface area contributed by atoms with Gasteiger partial charge in [-0.1, -0.05) is 13.0 Å². The van der Waals surface area contributed by atoms with Gasteiger partial charge in [-0.25, -0.2) is 4.99 Å². The van der Waals surface area contributed by atoms with Gasteiger partial charge in [0.05, 0.1) is 6.54 Å². The number of rotatable bonds is 3. The highest BCUT2D eigenvalue weighted by Gasteiger charge is 2.24. The monoisotopic (exact) mass is 409 g/mol. The highest BCUT2D eigenvalue weighted by atomic mass is 127. The molecule has 0 radical (unpaired) electrons. The SMILES string of the molecule is CC1CCN(C(N)=NCC(C)(O)c2cccs2)CC1.I. The minimum absolute atomic E-state index is 0. The molecule has 1 atom stereocenters. The van der Waals surface area contributed by atoms with Gasteiger partial charge in [0.15, 0.2) is 5.96 Å². The summed E-state index contributed by atoms with van der Waals surface area (Å²) in [7, 11) is 0. The molecule has 3 N–H and O–H groups in total. The average Bonchev–Trinajstić information content (AvgIpc) is 2.91. The van der Waals surface area contributed by atoms with E-state index < -0.39 is 5.60 Å². The van der Waals surface area contributed by atoms with E-state index in [1.54, 1.807) is 18.3 Å². The third-order valence-electron chi connectivity index (χ3n) is 3.71. The first-order chi connectivity index (χ1) is 8.99. The summed E-state index contributed by atoms with van der Waals surface area (Å²) in [4.78, 5) is 7.42. The van der Waals surface area contributed by atoms with Crippen LogP contribution in [-0.4, -0.2) is 35.6 Å². The van der Waals surface area contributed by atoms with Crippen LogP contribution in [0.5, 0.6) is 0 Å². The molecule has 1 fully saturated rings. The van der Waals surface area contributed by atoms with E-state index in [1.165, 1.54) is 0 Å². The van der Waals surface area contributed by atoms with Crippen molar-refractivity contribution >= 4 is 41.3 Å². The predicted molar refractivity (Wildman–Crippen MR) is 95.8 cm³/mol. The number of piperidine rings is 1. The van der Waals surface area contributed by atoms with E-state index in [1.807, 2.05) is 17.5 Å². The number of thiophene rings is 1. The fourth-order valence-electron chi connectivity index (χ4n) is 2.24. The number of nitrogens with two attached hydrogens (primary N) is 1. The minimum atomic E-state index is -0.929. The second kappa shape index (κ2) is 7.61. The highest BCUT2D eigenvalue weighted by Crippen LogP contribution is 2.25. The summed E-state index contributed by atoms with van der Waals surface area (Å²) in [6, 6.07) is 3.87. The van der Waals surface area contributed by atoms with E-state index in [0.717, 1.165) is 36.7 Å². The number of hydrogen-bond acceptors (Lipinski definition) is 3. The van der Waals surface area contributed by atoms with Crippen LogP contribution in [0.3, 0.4) is 0 Å². The molecular formula is C14H24IN3OS. The lowest BCUT2D eigenvalue weighted by molar-refractivity contribution is 0.0708. The van der Waals surface area contributed by atoms with Crippen molar-refractivity contribution in [3.8, 4) is 0 Å². The van der Waals surface area contributed by atoms with Gasteiger partial charge in [0.1, 0.15) is 5.60 Å². The summed E-state index contributed by atoms with van der Waals surface area (Å²) in [5.41, 5.74) is 5.09. The van der Waals surface area contributed by atoms with Gasteiger partial charge in [-0.15, -0.1) is 35.3 Å². The maximum Gasteiger partial charge on any atom is 0.191 e. The molecule has 1 unspecified atom stereocenters. The van der Waals surface area contributed by atoms with Crippen LogP contribution in [-0.2, 0) is 5.60 Å². The molecule has 2 rings (SSSR count). The normalized spacial score (nSPS) is 20.4. The molecular weight excluding hydrogens is 385 g/mol. The first kappa shape index (κ1) is 17.7. The van der Waals surface area contributed by atoms with Gasteiger partial charge in [-0.3, -0.25) is 0 Å². The molecule has 0 aromatic carbocycles. The zero-order valence-electron chi connectivity index (χ0n) is 12.1. The summed E-state index contributed by atoms with van der Waals surface area (Å²) in [5, 5.41) is 12.4.